The van der Waals surface area contributed by atoms with Crippen LogP contribution in [0, 0.1) is 17.2 Å². The number of carboxylic acids is 1. The van der Waals surface area contributed by atoms with E-state index < -0.39 is 18.2 Å². The van der Waals surface area contributed by atoms with Gasteiger partial charge < -0.3 is 15.7 Å². The highest BCUT2D eigenvalue weighted by Crippen LogP contribution is 2.32. The highest BCUT2D eigenvalue weighted by Gasteiger charge is 2.40. The number of hydrogen-bond acceptors (Lipinski definition) is 4. The average Bonchev–Trinajstić information content (AvgIpc) is 2.55. The van der Waals surface area contributed by atoms with Crippen molar-refractivity contribution >= 4 is 11.9 Å². The Hall–Kier alpha value is -2.60. The van der Waals surface area contributed by atoms with Gasteiger partial charge in [0.2, 0.25) is 5.91 Å². The number of hydrogen-bond donors (Lipinski definition) is 3. The largest absolute Gasteiger partial charge is 0.478 e. The number of carboxylic acid groups (broad SMARTS) is 1. The number of rotatable bonds is 9. The molecule has 2 unspecified atom stereocenters. The number of aromatic carboxylic acids is 1. The Morgan fingerprint density at radius 3 is 2.38 bits per heavy atom. The van der Waals surface area contributed by atoms with Crippen molar-refractivity contribution in [3.63, 3.8) is 0 Å². The molecule has 6 nitrogen and oxygen atoms in total. The second kappa shape index (κ2) is 9.77. The van der Waals surface area contributed by atoms with Crippen LogP contribution in [-0.4, -0.2) is 36.2 Å². The lowest BCUT2D eigenvalue weighted by atomic mass is 10.0. The fourth-order valence-corrected chi connectivity index (χ4v) is 2.34. The van der Waals surface area contributed by atoms with Crippen molar-refractivity contribution in [2.45, 2.75) is 32.0 Å². The molecule has 1 aromatic rings. The summed E-state index contributed by atoms with van der Waals surface area (Å²) in [5.41, 5.74) is -0.173. The van der Waals surface area contributed by atoms with E-state index in [1.807, 2.05) is 0 Å². The van der Waals surface area contributed by atoms with E-state index >= 15 is 0 Å². The van der Waals surface area contributed by atoms with E-state index in [4.69, 9.17) is 10.4 Å². The number of halogens is 3. The molecule has 0 aliphatic heterocycles. The van der Waals surface area contributed by atoms with Crippen molar-refractivity contribution < 1.29 is 27.9 Å². The maximum Gasteiger partial charge on any atom is 0.407 e. The Labute approximate surface area is 149 Å². The van der Waals surface area contributed by atoms with Crippen molar-refractivity contribution in [3.05, 3.63) is 35.4 Å². The molecule has 2 atom stereocenters. The van der Waals surface area contributed by atoms with Gasteiger partial charge >= 0.3 is 12.1 Å². The number of nitrogens with zero attached hydrogens (tertiary/aromatic N) is 1. The standard InChI is InChI=1S/C17H20F3N3O3/c1-11(10-14(24)22-9-7-21)6-8-23-15(17(18,19)20)12-2-4-13(5-3-12)16(25)26/h2-5,11,15,23H,6,8-10H2,1H3,(H,22,24)(H,25,26). The molecule has 0 saturated heterocycles. The summed E-state index contributed by atoms with van der Waals surface area (Å²) in [4.78, 5) is 22.3. The van der Waals surface area contributed by atoms with Gasteiger partial charge in [-0.05, 0) is 36.6 Å². The van der Waals surface area contributed by atoms with E-state index in [2.05, 4.69) is 10.6 Å². The zero-order valence-corrected chi connectivity index (χ0v) is 14.1. The van der Waals surface area contributed by atoms with Crippen molar-refractivity contribution in [2.24, 2.45) is 5.92 Å². The molecule has 0 spiro atoms. The minimum absolute atomic E-state index is 0.0254. The lowest BCUT2D eigenvalue weighted by Gasteiger charge is -2.23. The van der Waals surface area contributed by atoms with Gasteiger partial charge in [-0.15, -0.1) is 0 Å². The minimum Gasteiger partial charge on any atom is -0.478 e. The minimum atomic E-state index is -4.54. The number of alkyl halides is 3. The van der Waals surface area contributed by atoms with Crippen LogP contribution in [-0.2, 0) is 4.79 Å². The van der Waals surface area contributed by atoms with Gasteiger partial charge in [0, 0.05) is 6.42 Å². The van der Waals surface area contributed by atoms with Crippen LogP contribution in [0.1, 0.15) is 41.7 Å². The fraction of sp³-hybridized carbons (Fsp3) is 0.471. The summed E-state index contributed by atoms with van der Waals surface area (Å²) in [5, 5.41) is 22.0. The number of amides is 1. The van der Waals surface area contributed by atoms with Crippen molar-refractivity contribution in [1.29, 1.82) is 5.26 Å². The van der Waals surface area contributed by atoms with Crippen LogP contribution in [0.25, 0.3) is 0 Å². The van der Waals surface area contributed by atoms with E-state index in [9.17, 15) is 22.8 Å². The Morgan fingerprint density at radius 1 is 1.27 bits per heavy atom. The SMILES string of the molecule is CC(CCNC(c1ccc(C(=O)O)cc1)C(F)(F)F)CC(=O)NCC#N. The third kappa shape index (κ3) is 7.11. The predicted octanol–water partition coefficient (Wildman–Crippen LogP) is 2.63. The molecule has 0 aliphatic rings. The molecule has 3 N–H and O–H groups in total. The summed E-state index contributed by atoms with van der Waals surface area (Å²) >= 11 is 0. The Balaban J connectivity index is 2.62. The van der Waals surface area contributed by atoms with Crippen LogP contribution in [0.4, 0.5) is 13.2 Å². The Kier molecular flexibility index (Phi) is 8.06. The maximum atomic E-state index is 13.3. The second-order valence-corrected chi connectivity index (χ2v) is 5.89. The smallest absolute Gasteiger partial charge is 0.407 e. The third-order valence-corrected chi connectivity index (χ3v) is 3.70. The molecule has 9 heteroatoms. The van der Waals surface area contributed by atoms with E-state index in [0.717, 1.165) is 24.3 Å². The molecule has 0 radical (unpaired) electrons. The number of benzene rings is 1. The van der Waals surface area contributed by atoms with E-state index in [1.54, 1.807) is 13.0 Å². The lowest BCUT2D eigenvalue weighted by molar-refractivity contribution is -0.157. The molecule has 1 rings (SSSR count). The summed E-state index contributed by atoms with van der Waals surface area (Å²) < 4.78 is 39.8. The van der Waals surface area contributed by atoms with Crippen LogP contribution in [0.5, 0.6) is 0 Å². The van der Waals surface area contributed by atoms with E-state index in [0.29, 0.717) is 6.42 Å². The molecule has 0 aliphatic carbocycles. The summed E-state index contributed by atoms with van der Waals surface area (Å²) in [6.07, 6.45) is -4.09. The van der Waals surface area contributed by atoms with Gasteiger partial charge in [0.15, 0.2) is 0 Å². The average molecular weight is 371 g/mol. The normalized spacial score (nSPS) is 13.5. The fourth-order valence-electron chi connectivity index (χ4n) is 2.34. The predicted molar refractivity (Wildman–Crippen MR) is 87.2 cm³/mol. The first kappa shape index (κ1) is 21.4. The van der Waals surface area contributed by atoms with Crippen LogP contribution in [0.15, 0.2) is 24.3 Å². The highest BCUT2D eigenvalue weighted by molar-refractivity contribution is 5.87. The molecule has 0 bridgehead atoms. The lowest BCUT2D eigenvalue weighted by Crippen LogP contribution is -2.35. The molecule has 0 heterocycles. The second-order valence-electron chi connectivity index (χ2n) is 5.89. The summed E-state index contributed by atoms with van der Waals surface area (Å²) in [5.74, 6) is -1.70. The Morgan fingerprint density at radius 2 is 1.88 bits per heavy atom. The first-order chi connectivity index (χ1) is 12.1. The molecule has 0 aromatic heterocycles. The number of carbonyl (C=O) groups excluding carboxylic acids is 1. The number of carbonyl (C=O) groups is 2. The quantitative estimate of drug-likeness (QED) is 0.579. The van der Waals surface area contributed by atoms with Gasteiger partial charge in [-0.1, -0.05) is 19.1 Å². The molecular formula is C17H20F3N3O3. The van der Waals surface area contributed by atoms with Crippen LogP contribution < -0.4 is 10.6 Å². The van der Waals surface area contributed by atoms with Gasteiger partial charge in [-0.25, -0.2) is 4.79 Å². The van der Waals surface area contributed by atoms with Gasteiger partial charge in [0.05, 0.1) is 11.6 Å². The topological polar surface area (TPSA) is 102 Å². The first-order valence-electron chi connectivity index (χ1n) is 7.92. The molecule has 1 aromatic carbocycles. The van der Waals surface area contributed by atoms with Crippen LogP contribution >= 0.6 is 0 Å². The Bertz CT molecular complexity index is 654. The summed E-state index contributed by atoms with van der Waals surface area (Å²) in [6.45, 7) is 1.65. The molecule has 0 fully saturated rings. The number of nitrogens with one attached hydrogen (secondary N) is 2. The van der Waals surface area contributed by atoms with Crippen LogP contribution in [0.3, 0.4) is 0 Å². The molecular weight excluding hydrogens is 351 g/mol. The van der Waals surface area contributed by atoms with Crippen molar-refractivity contribution in [1.82, 2.24) is 10.6 Å². The van der Waals surface area contributed by atoms with Crippen LogP contribution in [0.2, 0.25) is 0 Å². The first-order valence-corrected chi connectivity index (χ1v) is 7.92. The van der Waals surface area contributed by atoms with Gasteiger partial charge in [-0.3, -0.25) is 4.79 Å². The molecule has 26 heavy (non-hydrogen) atoms. The van der Waals surface area contributed by atoms with Crippen molar-refractivity contribution in [3.8, 4) is 6.07 Å². The zero-order valence-electron chi connectivity index (χ0n) is 14.1. The molecule has 1 amide bonds. The van der Waals surface area contributed by atoms with E-state index in [1.165, 1.54) is 0 Å². The van der Waals surface area contributed by atoms with Crippen molar-refractivity contribution in [2.75, 3.05) is 13.1 Å². The van der Waals surface area contributed by atoms with Gasteiger partial charge in [0.1, 0.15) is 12.6 Å². The molecule has 142 valence electrons. The zero-order chi connectivity index (χ0) is 19.7. The highest BCUT2D eigenvalue weighted by atomic mass is 19.4. The maximum absolute atomic E-state index is 13.3. The number of nitriles is 1. The summed E-state index contributed by atoms with van der Waals surface area (Å²) in [7, 11) is 0. The summed E-state index contributed by atoms with van der Waals surface area (Å²) in [6, 6.07) is 4.36. The molecule has 0 saturated carbocycles. The third-order valence-electron chi connectivity index (χ3n) is 3.70. The van der Waals surface area contributed by atoms with Gasteiger partial charge in [0.25, 0.3) is 0 Å². The van der Waals surface area contributed by atoms with Gasteiger partial charge in [-0.2, -0.15) is 18.4 Å². The monoisotopic (exact) mass is 371 g/mol. The van der Waals surface area contributed by atoms with E-state index in [-0.39, 0.29) is 42.5 Å².